The number of aryl methyl sites for hydroxylation is 2. The molecule has 1 saturated heterocycles. The van der Waals surface area contributed by atoms with Crippen LogP contribution in [0.25, 0.3) is 0 Å². The molecule has 8 heteroatoms. The molecule has 2 amide bonds. The van der Waals surface area contributed by atoms with E-state index in [1.54, 1.807) is 37.3 Å². The third kappa shape index (κ3) is 11.0. The first-order valence-corrected chi connectivity index (χ1v) is 13.8. The lowest BCUT2D eigenvalue weighted by Gasteiger charge is -2.41. The average molecular weight is 578 g/mol. The molecule has 0 aromatic heterocycles. The highest BCUT2D eigenvalue weighted by molar-refractivity contribution is 6.30. The summed E-state index contributed by atoms with van der Waals surface area (Å²) in [5.41, 5.74) is 8.68. The van der Waals surface area contributed by atoms with Crippen molar-refractivity contribution >= 4 is 35.0 Å². The van der Waals surface area contributed by atoms with E-state index >= 15 is 0 Å². The summed E-state index contributed by atoms with van der Waals surface area (Å²) < 4.78 is 18.4. The van der Waals surface area contributed by atoms with Gasteiger partial charge in [0.2, 0.25) is 11.8 Å². The summed E-state index contributed by atoms with van der Waals surface area (Å²) in [7, 11) is 0. The van der Waals surface area contributed by atoms with Crippen LogP contribution >= 0.6 is 23.2 Å². The van der Waals surface area contributed by atoms with Crippen molar-refractivity contribution in [3.05, 3.63) is 105 Å². The topological polar surface area (TPSA) is 72.6 Å². The zero-order valence-electron chi connectivity index (χ0n) is 23.5. The van der Waals surface area contributed by atoms with E-state index in [0.717, 1.165) is 16.7 Å². The highest BCUT2D eigenvalue weighted by Crippen LogP contribution is 2.40. The van der Waals surface area contributed by atoms with E-state index < -0.39 is 18.1 Å². The van der Waals surface area contributed by atoms with Gasteiger partial charge in [0.05, 0.1) is 6.04 Å². The smallest absolute Gasteiger partial charge is 0.249 e. The van der Waals surface area contributed by atoms with Gasteiger partial charge >= 0.3 is 0 Å². The molecule has 5 nitrogen and oxygen atoms in total. The first-order valence-electron chi connectivity index (χ1n) is 13.0. The molecule has 2 N–H and O–H groups in total. The molecule has 2 unspecified atom stereocenters. The van der Waals surface area contributed by atoms with Crippen molar-refractivity contribution in [2.24, 2.45) is 5.73 Å². The van der Waals surface area contributed by atoms with Gasteiger partial charge in [0, 0.05) is 10.0 Å². The number of ether oxygens (including phenoxy) is 1. The highest BCUT2D eigenvalue weighted by Gasteiger charge is 2.39. The van der Waals surface area contributed by atoms with Crippen molar-refractivity contribution in [3.8, 4) is 0 Å². The van der Waals surface area contributed by atoms with E-state index in [4.69, 9.17) is 33.7 Å². The Morgan fingerprint density at radius 3 is 1.87 bits per heavy atom. The van der Waals surface area contributed by atoms with Crippen LogP contribution in [0, 0.1) is 19.7 Å². The molecule has 2 atom stereocenters. The molecular formula is C31H39Cl2FN2O3. The standard InChI is InChI=1S/C18H16Cl2N2O3.C8H9F.C3H8.C2H6/c19-13-5-1-11(2-6-13)17-18(12-3-7-14(20)8-4-12)25-10-16(24)22(17)9-15(21)23;1-6-3-4-7(2)8(9)5-6;1-3-2;1-2/h1-8,17-18H,9-10H2,(H2,21,23);3-5H,1-2H3;3H2,1-2H3;1-2H3. The Labute approximate surface area is 242 Å². The lowest BCUT2D eigenvalue weighted by molar-refractivity contribution is -0.160. The minimum absolute atomic E-state index is 0.116. The first-order chi connectivity index (χ1) is 18.6. The Bertz CT molecular complexity index is 1170. The zero-order valence-corrected chi connectivity index (χ0v) is 25.0. The van der Waals surface area contributed by atoms with Gasteiger partial charge in [0.1, 0.15) is 25.1 Å². The average Bonchev–Trinajstić information content (AvgIpc) is 2.91. The van der Waals surface area contributed by atoms with Gasteiger partial charge in [0.25, 0.3) is 0 Å². The summed E-state index contributed by atoms with van der Waals surface area (Å²) >= 11 is 11.9. The lowest BCUT2D eigenvalue weighted by atomic mass is 9.92. The minimum atomic E-state index is -0.580. The third-order valence-corrected chi connectivity index (χ3v) is 5.90. The predicted molar refractivity (Wildman–Crippen MR) is 158 cm³/mol. The van der Waals surface area contributed by atoms with Crippen LogP contribution in [0.4, 0.5) is 4.39 Å². The van der Waals surface area contributed by atoms with Crippen molar-refractivity contribution in [1.29, 1.82) is 0 Å². The van der Waals surface area contributed by atoms with E-state index in [2.05, 4.69) is 13.8 Å². The van der Waals surface area contributed by atoms with Crippen LogP contribution < -0.4 is 5.73 Å². The molecular weight excluding hydrogens is 538 g/mol. The Morgan fingerprint density at radius 1 is 0.949 bits per heavy atom. The maximum atomic E-state index is 12.6. The normalized spacial score (nSPS) is 16.0. The number of primary amides is 1. The highest BCUT2D eigenvalue weighted by atomic mass is 35.5. The molecule has 0 spiro atoms. The number of hydrogen-bond donors (Lipinski definition) is 1. The van der Waals surface area contributed by atoms with Crippen LogP contribution in [0.1, 0.15) is 68.5 Å². The molecule has 1 aliphatic heterocycles. The summed E-state index contributed by atoms with van der Waals surface area (Å²) in [4.78, 5) is 25.3. The van der Waals surface area contributed by atoms with E-state index in [9.17, 15) is 14.0 Å². The number of carbonyl (C=O) groups is 2. The fourth-order valence-corrected chi connectivity index (χ4v) is 3.90. The Morgan fingerprint density at radius 2 is 1.44 bits per heavy atom. The van der Waals surface area contributed by atoms with Gasteiger partial charge in [-0.3, -0.25) is 9.59 Å². The molecule has 4 rings (SSSR count). The molecule has 0 saturated carbocycles. The Kier molecular flexibility index (Phi) is 15.4. The van der Waals surface area contributed by atoms with Gasteiger partial charge in [-0.25, -0.2) is 4.39 Å². The van der Waals surface area contributed by atoms with Crippen LogP contribution in [0.2, 0.25) is 10.0 Å². The quantitative estimate of drug-likeness (QED) is 0.342. The van der Waals surface area contributed by atoms with E-state index in [1.807, 2.05) is 51.1 Å². The summed E-state index contributed by atoms with van der Waals surface area (Å²) in [6.45, 7) is 11.6. The minimum Gasteiger partial charge on any atom is -0.368 e. The van der Waals surface area contributed by atoms with E-state index in [0.29, 0.717) is 15.6 Å². The van der Waals surface area contributed by atoms with E-state index in [-0.39, 0.29) is 24.9 Å². The molecule has 39 heavy (non-hydrogen) atoms. The number of carbonyl (C=O) groups excluding carboxylic acids is 2. The molecule has 1 aliphatic rings. The fourth-order valence-electron chi connectivity index (χ4n) is 3.65. The second-order valence-electron chi connectivity index (χ2n) is 8.73. The van der Waals surface area contributed by atoms with Crippen molar-refractivity contribution < 1.29 is 18.7 Å². The molecule has 0 aliphatic carbocycles. The number of hydrogen-bond acceptors (Lipinski definition) is 3. The monoisotopic (exact) mass is 576 g/mol. The van der Waals surface area contributed by atoms with Crippen LogP contribution in [0.15, 0.2) is 66.7 Å². The van der Waals surface area contributed by atoms with Crippen LogP contribution in [-0.2, 0) is 14.3 Å². The number of morpholine rings is 1. The first kappa shape index (κ1) is 34.1. The van der Waals surface area contributed by atoms with Gasteiger partial charge < -0.3 is 15.4 Å². The second kappa shape index (κ2) is 17.6. The summed E-state index contributed by atoms with van der Waals surface area (Å²) in [6.07, 6.45) is 0.801. The Balaban J connectivity index is 0.000000451. The third-order valence-electron chi connectivity index (χ3n) is 5.39. The van der Waals surface area contributed by atoms with Gasteiger partial charge in [0.15, 0.2) is 0 Å². The van der Waals surface area contributed by atoms with E-state index in [1.165, 1.54) is 17.4 Å². The molecule has 0 radical (unpaired) electrons. The summed E-state index contributed by atoms with van der Waals surface area (Å²) in [5, 5.41) is 1.18. The van der Waals surface area contributed by atoms with Crippen LogP contribution in [0.5, 0.6) is 0 Å². The molecule has 1 fully saturated rings. The van der Waals surface area contributed by atoms with Crippen molar-refractivity contribution in [1.82, 2.24) is 4.90 Å². The summed E-state index contributed by atoms with van der Waals surface area (Å²) in [5.74, 6) is -0.983. The largest absolute Gasteiger partial charge is 0.368 e. The number of benzene rings is 3. The predicted octanol–water partition coefficient (Wildman–Crippen LogP) is 8.00. The van der Waals surface area contributed by atoms with Crippen molar-refractivity contribution in [2.75, 3.05) is 13.2 Å². The van der Waals surface area contributed by atoms with Gasteiger partial charge in [-0.2, -0.15) is 0 Å². The molecule has 0 bridgehead atoms. The van der Waals surface area contributed by atoms with Gasteiger partial charge in [-0.15, -0.1) is 0 Å². The number of rotatable bonds is 4. The number of amides is 2. The number of nitrogens with two attached hydrogens (primary N) is 1. The zero-order chi connectivity index (χ0) is 29.5. The molecule has 3 aromatic rings. The van der Waals surface area contributed by atoms with Crippen LogP contribution in [-0.4, -0.2) is 29.9 Å². The Hall–Kier alpha value is -2.93. The summed E-state index contributed by atoms with van der Waals surface area (Å²) in [6, 6.07) is 19.0. The fraction of sp³-hybridized carbons (Fsp3) is 0.355. The number of halogens is 3. The van der Waals surface area contributed by atoms with Gasteiger partial charge in [-0.05, 0) is 66.4 Å². The number of nitrogens with zero attached hydrogens (tertiary/aromatic N) is 1. The molecule has 1 heterocycles. The van der Waals surface area contributed by atoms with Crippen LogP contribution in [0.3, 0.4) is 0 Å². The molecule has 212 valence electrons. The maximum absolute atomic E-state index is 12.6. The van der Waals surface area contributed by atoms with Gasteiger partial charge in [-0.1, -0.05) is 93.7 Å². The lowest BCUT2D eigenvalue weighted by Crippen LogP contribution is -2.48. The second-order valence-corrected chi connectivity index (χ2v) is 9.60. The van der Waals surface area contributed by atoms with Crippen molar-refractivity contribution in [3.63, 3.8) is 0 Å². The molecule has 3 aromatic carbocycles. The SMILES string of the molecule is CC.CCC.Cc1ccc(C)c(F)c1.NC(=O)CN1C(=O)COC(c2ccc(Cl)cc2)C1c1ccc(Cl)cc1. The maximum Gasteiger partial charge on any atom is 0.249 e. The van der Waals surface area contributed by atoms with Crippen molar-refractivity contribution in [2.45, 2.75) is 60.1 Å².